The Labute approximate surface area is 115 Å². The average Bonchev–Trinajstić information content (AvgIpc) is 2.53. The second-order valence-corrected chi connectivity index (χ2v) is 5.01. The third-order valence-corrected chi connectivity index (χ3v) is 2.93. The molecule has 0 spiro atoms. The van der Waals surface area contributed by atoms with E-state index in [1.54, 1.807) is 6.08 Å². The van der Waals surface area contributed by atoms with Crippen LogP contribution in [0, 0.1) is 0 Å². The number of likely N-dealkylation sites (N-methyl/N-ethyl adjacent to an activating group) is 1. The summed E-state index contributed by atoms with van der Waals surface area (Å²) in [6.07, 6.45) is 7.43. The first-order valence-electron chi connectivity index (χ1n) is 6.56. The third kappa shape index (κ3) is 4.81. The van der Waals surface area contributed by atoms with E-state index in [-0.39, 0.29) is 0 Å². The number of halogens is 1. The number of nitrogens with zero attached hydrogens (tertiary/aromatic N) is 1. The molecule has 1 aliphatic carbocycles. The smallest absolute Gasteiger partial charge is 0.122 e. The minimum absolute atomic E-state index is 0.320. The van der Waals surface area contributed by atoms with Gasteiger partial charge >= 0.3 is 0 Å². The maximum absolute atomic E-state index is 13.3. The summed E-state index contributed by atoms with van der Waals surface area (Å²) < 4.78 is 13.3. The van der Waals surface area contributed by atoms with Crippen LogP contribution in [0.15, 0.2) is 48.1 Å². The van der Waals surface area contributed by atoms with Crippen molar-refractivity contribution in [3.8, 4) is 0 Å². The van der Waals surface area contributed by atoms with E-state index in [2.05, 4.69) is 25.7 Å². The van der Waals surface area contributed by atoms with Crippen LogP contribution in [0.1, 0.15) is 26.7 Å². The van der Waals surface area contributed by atoms with Crippen molar-refractivity contribution in [1.82, 2.24) is 10.2 Å². The van der Waals surface area contributed by atoms with E-state index in [1.165, 1.54) is 0 Å². The number of rotatable bonds is 5. The Balaban J connectivity index is 2.88. The van der Waals surface area contributed by atoms with Crippen molar-refractivity contribution >= 4 is 0 Å². The maximum Gasteiger partial charge on any atom is 0.122 e. The number of hydrogen-bond donors (Lipinski definition) is 2. The Bertz CT molecular complexity index is 408. The molecule has 0 amide bonds. The Kier molecular flexibility index (Phi) is 5.67. The third-order valence-electron chi connectivity index (χ3n) is 2.93. The van der Waals surface area contributed by atoms with Crippen LogP contribution >= 0.6 is 0 Å². The van der Waals surface area contributed by atoms with Gasteiger partial charge in [0, 0.05) is 43.5 Å². The highest BCUT2D eigenvalue weighted by molar-refractivity contribution is 5.29. The molecule has 0 aromatic heterocycles. The quantitative estimate of drug-likeness (QED) is 0.593. The zero-order valence-electron chi connectivity index (χ0n) is 12.0. The maximum atomic E-state index is 13.3. The molecule has 0 saturated heterocycles. The number of nitrogens with one attached hydrogen (secondary N) is 1. The molecule has 0 heterocycles. The summed E-state index contributed by atoms with van der Waals surface area (Å²) in [5.41, 5.74) is 8.16. The topological polar surface area (TPSA) is 41.3 Å². The number of nitrogens with two attached hydrogens (primary N) is 1. The van der Waals surface area contributed by atoms with E-state index in [1.807, 2.05) is 30.3 Å². The van der Waals surface area contributed by atoms with Gasteiger partial charge in [0.15, 0.2) is 0 Å². The molecule has 4 heteroatoms. The fraction of sp³-hybridized carbons (Fsp3) is 0.467. The molecular weight excluding hydrogens is 241 g/mol. The lowest BCUT2D eigenvalue weighted by molar-refractivity contribution is 0.402. The predicted octanol–water partition coefficient (Wildman–Crippen LogP) is 2.80. The van der Waals surface area contributed by atoms with Gasteiger partial charge in [-0.15, -0.1) is 0 Å². The first kappa shape index (κ1) is 15.3. The van der Waals surface area contributed by atoms with E-state index in [9.17, 15) is 4.39 Å². The summed E-state index contributed by atoms with van der Waals surface area (Å²) >= 11 is 0. The molecule has 3 nitrogen and oxygen atoms in total. The monoisotopic (exact) mass is 265 g/mol. The Hall–Kier alpha value is -1.71. The summed E-state index contributed by atoms with van der Waals surface area (Å²) in [4.78, 5) is 1.96. The van der Waals surface area contributed by atoms with Crippen molar-refractivity contribution in [2.45, 2.75) is 38.9 Å². The molecule has 1 aliphatic rings. The molecule has 0 fully saturated rings. The van der Waals surface area contributed by atoms with E-state index in [4.69, 9.17) is 5.73 Å². The van der Waals surface area contributed by atoms with Gasteiger partial charge in [0.1, 0.15) is 6.17 Å². The Morgan fingerprint density at radius 2 is 2.32 bits per heavy atom. The Morgan fingerprint density at radius 1 is 1.63 bits per heavy atom. The molecule has 1 unspecified atom stereocenters. The summed E-state index contributed by atoms with van der Waals surface area (Å²) in [6, 6.07) is 0.320. The average molecular weight is 265 g/mol. The van der Waals surface area contributed by atoms with Crippen LogP contribution in [-0.4, -0.2) is 24.2 Å². The van der Waals surface area contributed by atoms with Crippen molar-refractivity contribution in [2.24, 2.45) is 5.73 Å². The minimum atomic E-state index is -0.895. The van der Waals surface area contributed by atoms with E-state index in [0.717, 1.165) is 11.4 Å². The van der Waals surface area contributed by atoms with E-state index in [0.29, 0.717) is 24.6 Å². The zero-order chi connectivity index (χ0) is 14.4. The molecule has 0 aliphatic heterocycles. The van der Waals surface area contributed by atoms with Crippen LogP contribution in [0.5, 0.6) is 0 Å². The second-order valence-electron chi connectivity index (χ2n) is 5.01. The van der Waals surface area contributed by atoms with Crippen molar-refractivity contribution < 1.29 is 4.39 Å². The number of hydrogen-bond acceptors (Lipinski definition) is 3. The van der Waals surface area contributed by atoms with Gasteiger partial charge in [-0.3, -0.25) is 0 Å². The van der Waals surface area contributed by atoms with Gasteiger partial charge in [-0.25, -0.2) is 4.39 Å². The summed E-state index contributed by atoms with van der Waals surface area (Å²) in [5.74, 6) is 0. The molecular formula is C15H24FN3. The zero-order valence-corrected chi connectivity index (χ0v) is 12.0. The van der Waals surface area contributed by atoms with E-state index < -0.39 is 6.17 Å². The summed E-state index contributed by atoms with van der Waals surface area (Å²) in [5, 5.41) is 3.21. The highest BCUT2D eigenvalue weighted by atomic mass is 19.1. The molecule has 19 heavy (non-hydrogen) atoms. The lowest BCUT2D eigenvalue weighted by Crippen LogP contribution is -2.25. The molecule has 0 aromatic rings. The van der Waals surface area contributed by atoms with Crippen molar-refractivity contribution in [3.63, 3.8) is 0 Å². The van der Waals surface area contributed by atoms with Gasteiger partial charge in [0.2, 0.25) is 0 Å². The molecule has 1 rings (SSSR count). The molecule has 0 saturated carbocycles. The second kappa shape index (κ2) is 7.02. The highest BCUT2D eigenvalue weighted by Gasteiger charge is 2.13. The van der Waals surface area contributed by atoms with E-state index >= 15 is 0 Å². The first-order chi connectivity index (χ1) is 8.91. The predicted molar refractivity (Wildman–Crippen MR) is 78.8 cm³/mol. The largest absolute Gasteiger partial charge is 0.397 e. The van der Waals surface area contributed by atoms with Crippen molar-refractivity contribution in [1.29, 1.82) is 0 Å². The molecule has 0 bridgehead atoms. The molecule has 106 valence electrons. The van der Waals surface area contributed by atoms with Crippen LogP contribution < -0.4 is 11.1 Å². The van der Waals surface area contributed by atoms with Crippen molar-refractivity contribution in [3.05, 3.63) is 48.1 Å². The van der Waals surface area contributed by atoms with Crippen LogP contribution in [0.25, 0.3) is 0 Å². The number of allylic oxidation sites excluding steroid dienone is 3. The van der Waals surface area contributed by atoms with Crippen LogP contribution in [0.4, 0.5) is 4.39 Å². The SMILES string of the molecule is C=C(N)/C(=C/NC(C)C)N(C)C1=CCC(F)C=CC1. The standard InChI is InChI=1S/C15H24FN3/c1-11(2)18-10-15(12(3)17)19(4)14-7-5-6-13(16)8-9-14/h5-6,9-11,13,18H,3,7-8,17H2,1-2,4H3/b15-10-. The first-order valence-corrected chi connectivity index (χ1v) is 6.56. The Morgan fingerprint density at radius 3 is 2.89 bits per heavy atom. The molecule has 1 atom stereocenters. The normalized spacial score (nSPS) is 19.9. The van der Waals surface area contributed by atoms with Gasteiger partial charge in [0.05, 0.1) is 5.70 Å². The summed E-state index contributed by atoms with van der Waals surface area (Å²) in [6.45, 7) is 7.90. The fourth-order valence-corrected chi connectivity index (χ4v) is 1.83. The van der Waals surface area contributed by atoms with Crippen LogP contribution in [0.3, 0.4) is 0 Å². The van der Waals surface area contributed by atoms with Gasteiger partial charge in [-0.05, 0) is 13.8 Å². The molecule has 3 N–H and O–H groups in total. The van der Waals surface area contributed by atoms with Crippen molar-refractivity contribution in [2.75, 3.05) is 7.05 Å². The highest BCUT2D eigenvalue weighted by Crippen LogP contribution is 2.21. The van der Waals surface area contributed by atoms with Gasteiger partial charge < -0.3 is 16.0 Å². The van der Waals surface area contributed by atoms with Gasteiger partial charge in [0.25, 0.3) is 0 Å². The lowest BCUT2D eigenvalue weighted by atomic mass is 10.2. The summed E-state index contributed by atoms with van der Waals surface area (Å²) in [7, 11) is 1.92. The minimum Gasteiger partial charge on any atom is -0.397 e. The molecule has 0 radical (unpaired) electrons. The van der Waals surface area contributed by atoms with Gasteiger partial charge in [-0.1, -0.05) is 24.8 Å². The number of alkyl halides is 1. The van der Waals surface area contributed by atoms with Crippen LogP contribution in [0.2, 0.25) is 0 Å². The van der Waals surface area contributed by atoms with Crippen LogP contribution in [-0.2, 0) is 0 Å². The van der Waals surface area contributed by atoms with Gasteiger partial charge in [-0.2, -0.15) is 0 Å². The lowest BCUT2D eigenvalue weighted by Gasteiger charge is -2.25. The molecule has 0 aromatic carbocycles. The fourth-order valence-electron chi connectivity index (χ4n) is 1.83.